The van der Waals surface area contributed by atoms with Crippen LogP contribution in [-0.2, 0) is 4.79 Å². The average molecular weight is 400 g/mol. The number of rotatable bonds is 8. The monoisotopic (exact) mass is 399 g/mol. The SMILES string of the molecule is COc1cc(NC(=O)CCOc2cc(Cl)ccc2Cl)cc(OC)c1OC. The van der Waals surface area contributed by atoms with E-state index in [-0.39, 0.29) is 18.9 Å². The maximum atomic E-state index is 12.1. The highest BCUT2D eigenvalue weighted by molar-refractivity contribution is 6.34. The first-order valence-electron chi connectivity index (χ1n) is 7.66. The maximum Gasteiger partial charge on any atom is 0.227 e. The van der Waals surface area contributed by atoms with Crippen LogP contribution < -0.4 is 24.3 Å². The molecule has 0 aromatic heterocycles. The van der Waals surface area contributed by atoms with Crippen LogP contribution in [0.5, 0.6) is 23.0 Å². The summed E-state index contributed by atoms with van der Waals surface area (Å²) in [6.07, 6.45) is 0.125. The number of nitrogens with one attached hydrogen (secondary N) is 1. The van der Waals surface area contributed by atoms with Crippen molar-refractivity contribution in [2.45, 2.75) is 6.42 Å². The van der Waals surface area contributed by atoms with E-state index in [9.17, 15) is 4.79 Å². The van der Waals surface area contributed by atoms with Crippen LogP contribution in [0, 0.1) is 0 Å². The van der Waals surface area contributed by atoms with Gasteiger partial charge in [-0.15, -0.1) is 0 Å². The summed E-state index contributed by atoms with van der Waals surface area (Å²) < 4.78 is 21.3. The Balaban J connectivity index is 1.98. The quantitative estimate of drug-likeness (QED) is 0.711. The van der Waals surface area contributed by atoms with Crippen LogP contribution in [0.1, 0.15) is 6.42 Å². The van der Waals surface area contributed by atoms with Gasteiger partial charge in [-0.3, -0.25) is 4.79 Å². The van der Waals surface area contributed by atoms with Gasteiger partial charge in [-0.2, -0.15) is 0 Å². The summed E-state index contributed by atoms with van der Waals surface area (Å²) in [4.78, 5) is 12.1. The van der Waals surface area contributed by atoms with E-state index in [4.69, 9.17) is 42.1 Å². The van der Waals surface area contributed by atoms with Crippen molar-refractivity contribution in [3.8, 4) is 23.0 Å². The van der Waals surface area contributed by atoms with Crippen molar-refractivity contribution < 1.29 is 23.7 Å². The van der Waals surface area contributed by atoms with E-state index < -0.39 is 0 Å². The second-order valence-electron chi connectivity index (χ2n) is 5.14. The number of ether oxygens (including phenoxy) is 4. The fourth-order valence-corrected chi connectivity index (χ4v) is 2.55. The molecular weight excluding hydrogens is 381 g/mol. The number of carbonyl (C=O) groups excluding carboxylic acids is 1. The molecule has 0 saturated heterocycles. The second-order valence-corrected chi connectivity index (χ2v) is 5.98. The standard InChI is InChI=1S/C18H19Cl2NO5/c1-23-15-9-12(10-16(24-2)18(15)25-3)21-17(22)6-7-26-14-8-11(19)4-5-13(14)20/h4-5,8-10H,6-7H2,1-3H3,(H,21,22). The molecule has 8 heteroatoms. The van der Waals surface area contributed by atoms with Gasteiger partial charge in [0.25, 0.3) is 0 Å². The van der Waals surface area contributed by atoms with Gasteiger partial charge in [0.1, 0.15) is 5.75 Å². The summed E-state index contributed by atoms with van der Waals surface area (Å²) in [5, 5.41) is 3.70. The molecule has 2 rings (SSSR count). The summed E-state index contributed by atoms with van der Waals surface area (Å²) in [7, 11) is 4.52. The molecule has 2 aromatic rings. The third-order valence-electron chi connectivity index (χ3n) is 3.43. The minimum absolute atomic E-state index is 0.125. The smallest absolute Gasteiger partial charge is 0.227 e. The van der Waals surface area contributed by atoms with E-state index in [0.717, 1.165) is 0 Å². The molecule has 0 aliphatic rings. The van der Waals surface area contributed by atoms with Gasteiger partial charge in [0.15, 0.2) is 11.5 Å². The summed E-state index contributed by atoms with van der Waals surface area (Å²) in [6, 6.07) is 8.19. The fraction of sp³-hybridized carbons (Fsp3) is 0.278. The van der Waals surface area contributed by atoms with Crippen LogP contribution >= 0.6 is 23.2 Å². The van der Waals surface area contributed by atoms with E-state index >= 15 is 0 Å². The molecule has 0 bridgehead atoms. The first-order valence-corrected chi connectivity index (χ1v) is 8.41. The fourth-order valence-electron chi connectivity index (χ4n) is 2.22. The molecule has 1 N–H and O–H groups in total. The van der Waals surface area contributed by atoms with Crippen molar-refractivity contribution in [3.63, 3.8) is 0 Å². The Bertz CT molecular complexity index is 757. The first kappa shape index (κ1) is 20.0. The summed E-state index contributed by atoms with van der Waals surface area (Å²) >= 11 is 11.9. The summed E-state index contributed by atoms with van der Waals surface area (Å²) in [6.45, 7) is 0.149. The average Bonchev–Trinajstić information content (AvgIpc) is 2.63. The van der Waals surface area contributed by atoms with Gasteiger partial charge >= 0.3 is 0 Å². The molecule has 0 aliphatic carbocycles. The Morgan fingerprint density at radius 1 is 0.962 bits per heavy atom. The van der Waals surface area contributed by atoms with E-state index in [1.54, 1.807) is 30.3 Å². The molecule has 26 heavy (non-hydrogen) atoms. The Labute approximate surface area is 161 Å². The predicted octanol–water partition coefficient (Wildman–Crippen LogP) is 4.43. The molecule has 0 spiro atoms. The van der Waals surface area contributed by atoms with Gasteiger partial charge in [-0.05, 0) is 12.1 Å². The van der Waals surface area contributed by atoms with Crippen LogP contribution in [0.4, 0.5) is 5.69 Å². The number of benzene rings is 2. The number of hydrogen-bond donors (Lipinski definition) is 1. The number of methoxy groups -OCH3 is 3. The lowest BCUT2D eigenvalue weighted by molar-refractivity contribution is -0.116. The first-order chi connectivity index (χ1) is 12.5. The normalized spacial score (nSPS) is 10.2. The predicted molar refractivity (Wildman–Crippen MR) is 101 cm³/mol. The molecule has 0 radical (unpaired) electrons. The molecule has 0 unspecified atom stereocenters. The Kier molecular flexibility index (Phi) is 7.24. The zero-order chi connectivity index (χ0) is 19.1. The molecule has 0 fully saturated rings. The Hall–Kier alpha value is -2.31. The van der Waals surface area contributed by atoms with Gasteiger partial charge in [-0.1, -0.05) is 23.2 Å². The maximum absolute atomic E-state index is 12.1. The minimum atomic E-state index is -0.238. The van der Waals surface area contributed by atoms with Gasteiger partial charge in [0, 0.05) is 28.9 Å². The van der Waals surface area contributed by atoms with Crippen molar-refractivity contribution in [2.75, 3.05) is 33.3 Å². The van der Waals surface area contributed by atoms with E-state index in [0.29, 0.717) is 38.7 Å². The van der Waals surface area contributed by atoms with Crippen molar-refractivity contribution in [1.82, 2.24) is 0 Å². The molecule has 1 amide bonds. The van der Waals surface area contributed by atoms with E-state index in [1.165, 1.54) is 21.3 Å². The zero-order valence-corrected chi connectivity index (χ0v) is 16.1. The lowest BCUT2D eigenvalue weighted by Gasteiger charge is -2.14. The highest BCUT2D eigenvalue weighted by Gasteiger charge is 2.14. The molecule has 0 aliphatic heterocycles. The third-order valence-corrected chi connectivity index (χ3v) is 3.98. The van der Waals surface area contributed by atoms with Gasteiger partial charge in [-0.25, -0.2) is 0 Å². The Morgan fingerprint density at radius 3 is 2.19 bits per heavy atom. The number of halogens is 2. The third kappa shape index (κ3) is 5.09. The van der Waals surface area contributed by atoms with Crippen LogP contribution in [0.2, 0.25) is 10.0 Å². The number of hydrogen-bond acceptors (Lipinski definition) is 5. The zero-order valence-electron chi connectivity index (χ0n) is 14.6. The second kappa shape index (κ2) is 9.40. The molecular formula is C18H19Cl2NO5. The highest BCUT2D eigenvalue weighted by atomic mass is 35.5. The molecule has 0 heterocycles. The van der Waals surface area contributed by atoms with Crippen LogP contribution in [-0.4, -0.2) is 33.8 Å². The molecule has 0 atom stereocenters. The molecule has 6 nitrogen and oxygen atoms in total. The summed E-state index contributed by atoms with van der Waals surface area (Å²) in [5.74, 6) is 1.54. The van der Waals surface area contributed by atoms with Crippen LogP contribution in [0.3, 0.4) is 0 Å². The highest BCUT2D eigenvalue weighted by Crippen LogP contribution is 2.39. The van der Waals surface area contributed by atoms with Gasteiger partial charge < -0.3 is 24.3 Å². The van der Waals surface area contributed by atoms with E-state index in [2.05, 4.69) is 5.32 Å². The van der Waals surface area contributed by atoms with Crippen molar-refractivity contribution in [1.29, 1.82) is 0 Å². The topological polar surface area (TPSA) is 66.0 Å². The van der Waals surface area contributed by atoms with E-state index in [1.807, 2.05) is 0 Å². The minimum Gasteiger partial charge on any atom is -0.493 e. The van der Waals surface area contributed by atoms with Crippen LogP contribution in [0.15, 0.2) is 30.3 Å². The number of amides is 1. The van der Waals surface area contributed by atoms with Gasteiger partial charge in [0.2, 0.25) is 11.7 Å². The lowest BCUT2D eigenvalue weighted by atomic mass is 10.2. The largest absolute Gasteiger partial charge is 0.493 e. The van der Waals surface area contributed by atoms with Crippen molar-refractivity contribution in [2.24, 2.45) is 0 Å². The Morgan fingerprint density at radius 2 is 1.62 bits per heavy atom. The van der Waals surface area contributed by atoms with Crippen molar-refractivity contribution in [3.05, 3.63) is 40.4 Å². The van der Waals surface area contributed by atoms with Crippen molar-refractivity contribution >= 4 is 34.8 Å². The molecule has 0 saturated carbocycles. The lowest BCUT2D eigenvalue weighted by Crippen LogP contribution is -2.15. The number of carbonyl (C=O) groups is 1. The van der Waals surface area contributed by atoms with Crippen LogP contribution in [0.25, 0.3) is 0 Å². The number of anilines is 1. The summed E-state index contributed by atoms with van der Waals surface area (Å²) in [5.41, 5.74) is 0.519. The van der Waals surface area contributed by atoms with Gasteiger partial charge in [0.05, 0.1) is 39.4 Å². The molecule has 2 aromatic carbocycles. The molecule has 140 valence electrons.